The highest BCUT2D eigenvalue weighted by Gasteiger charge is 2.27. The molecule has 0 atom stereocenters. The lowest BCUT2D eigenvalue weighted by molar-refractivity contribution is 0.427. The van der Waals surface area contributed by atoms with Crippen molar-refractivity contribution in [3.8, 4) is 0 Å². The fourth-order valence-corrected chi connectivity index (χ4v) is 2.65. The zero-order valence-corrected chi connectivity index (χ0v) is 9.54. The van der Waals surface area contributed by atoms with E-state index in [0.717, 1.165) is 11.5 Å². The third-order valence-electron chi connectivity index (χ3n) is 3.77. The van der Waals surface area contributed by atoms with Gasteiger partial charge in [0, 0.05) is 17.9 Å². The molecule has 0 unspecified atom stereocenters. The van der Waals surface area contributed by atoms with Gasteiger partial charge >= 0.3 is 0 Å². The molecule has 1 aromatic rings. The molecule has 0 spiro atoms. The van der Waals surface area contributed by atoms with Crippen LogP contribution in [0.5, 0.6) is 0 Å². The Hall–Kier alpha value is -1.12. The van der Waals surface area contributed by atoms with Gasteiger partial charge in [-0.15, -0.1) is 0 Å². The van der Waals surface area contributed by atoms with E-state index in [4.69, 9.17) is 0 Å². The van der Waals surface area contributed by atoms with Gasteiger partial charge in [-0.3, -0.25) is 4.79 Å². The third kappa shape index (κ3) is 2.04. The monoisotopic (exact) mass is 218 g/mol. The number of aromatic amines is 1. The van der Waals surface area contributed by atoms with E-state index >= 15 is 0 Å². The van der Waals surface area contributed by atoms with Crippen LogP contribution < -0.4 is 5.56 Å². The molecule has 0 radical (unpaired) electrons. The number of nitrogens with zero attached hydrogens (tertiary/aromatic N) is 1. The third-order valence-corrected chi connectivity index (χ3v) is 3.77. The second kappa shape index (κ2) is 4.04. The number of rotatable bonds is 2. The van der Waals surface area contributed by atoms with Crippen LogP contribution in [0.1, 0.15) is 68.3 Å². The topological polar surface area (TPSA) is 45.8 Å². The lowest BCUT2D eigenvalue weighted by Crippen LogP contribution is -2.17. The summed E-state index contributed by atoms with van der Waals surface area (Å²) in [7, 11) is 0. The minimum absolute atomic E-state index is 0.0393. The Morgan fingerprint density at radius 3 is 2.50 bits per heavy atom. The summed E-state index contributed by atoms with van der Waals surface area (Å²) in [5.74, 6) is 2.03. The SMILES string of the molecule is O=c1cc(C2CC2)nc(C2CCCCC2)[nH]1. The van der Waals surface area contributed by atoms with Crippen LogP contribution in [0.3, 0.4) is 0 Å². The average molecular weight is 218 g/mol. The molecular formula is C13H18N2O. The van der Waals surface area contributed by atoms with Crippen molar-refractivity contribution in [1.29, 1.82) is 0 Å². The van der Waals surface area contributed by atoms with Crippen molar-refractivity contribution < 1.29 is 0 Å². The molecule has 1 heterocycles. The largest absolute Gasteiger partial charge is 0.310 e. The maximum atomic E-state index is 11.6. The van der Waals surface area contributed by atoms with Gasteiger partial charge in [0.15, 0.2) is 0 Å². The fourth-order valence-electron chi connectivity index (χ4n) is 2.65. The van der Waals surface area contributed by atoms with Gasteiger partial charge in [-0.2, -0.15) is 0 Å². The first kappa shape index (κ1) is 10.1. The maximum absolute atomic E-state index is 11.6. The predicted octanol–water partition coefficient (Wildman–Crippen LogP) is 2.70. The van der Waals surface area contributed by atoms with Crippen LogP contribution in [0, 0.1) is 0 Å². The summed E-state index contributed by atoms with van der Waals surface area (Å²) >= 11 is 0. The Morgan fingerprint density at radius 1 is 1.06 bits per heavy atom. The van der Waals surface area contributed by atoms with E-state index in [-0.39, 0.29) is 5.56 Å². The zero-order valence-electron chi connectivity index (χ0n) is 9.54. The first-order valence-electron chi connectivity index (χ1n) is 6.44. The van der Waals surface area contributed by atoms with Crippen molar-refractivity contribution >= 4 is 0 Å². The molecule has 0 amide bonds. The van der Waals surface area contributed by atoms with Crippen LogP contribution in [-0.2, 0) is 0 Å². The molecule has 2 saturated carbocycles. The first-order valence-corrected chi connectivity index (χ1v) is 6.44. The number of aromatic nitrogens is 2. The van der Waals surface area contributed by atoms with E-state index in [1.807, 2.05) is 0 Å². The summed E-state index contributed by atoms with van der Waals surface area (Å²) < 4.78 is 0. The quantitative estimate of drug-likeness (QED) is 0.829. The fraction of sp³-hybridized carbons (Fsp3) is 0.692. The average Bonchev–Trinajstić information content (AvgIpc) is 3.13. The normalized spacial score (nSPS) is 22.2. The molecule has 0 bridgehead atoms. The highest BCUT2D eigenvalue weighted by Crippen LogP contribution is 2.39. The maximum Gasteiger partial charge on any atom is 0.251 e. The summed E-state index contributed by atoms with van der Waals surface area (Å²) in [5, 5.41) is 0. The first-order chi connectivity index (χ1) is 7.83. The van der Waals surface area contributed by atoms with E-state index in [1.54, 1.807) is 6.07 Å². The molecule has 2 fully saturated rings. The van der Waals surface area contributed by atoms with Gasteiger partial charge in [0.25, 0.3) is 5.56 Å². The Bertz CT molecular complexity index is 428. The Balaban J connectivity index is 1.89. The van der Waals surface area contributed by atoms with Crippen molar-refractivity contribution in [3.05, 3.63) is 27.9 Å². The number of hydrogen-bond donors (Lipinski definition) is 1. The van der Waals surface area contributed by atoms with Crippen LogP contribution in [0.15, 0.2) is 10.9 Å². The van der Waals surface area contributed by atoms with E-state index < -0.39 is 0 Å². The molecule has 3 heteroatoms. The van der Waals surface area contributed by atoms with Crippen LogP contribution >= 0.6 is 0 Å². The van der Waals surface area contributed by atoms with E-state index in [2.05, 4.69) is 9.97 Å². The standard InChI is InChI=1S/C13H18N2O/c16-12-8-11(9-6-7-9)14-13(15-12)10-4-2-1-3-5-10/h8-10H,1-7H2,(H,14,15,16). The smallest absolute Gasteiger partial charge is 0.251 e. The second-order valence-electron chi connectivity index (χ2n) is 5.16. The van der Waals surface area contributed by atoms with Gasteiger partial charge in [-0.1, -0.05) is 19.3 Å². The minimum Gasteiger partial charge on any atom is -0.310 e. The minimum atomic E-state index is 0.0393. The van der Waals surface area contributed by atoms with Crippen molar-refractivity contribution in [3.63, 3.8) is 0 Å². The van der Waals surface area contributed by atoms with Crippen LogP contribution in [-0.4, -0.2) is 9.97 Å². The molecule has 3 nitrogen and oxygen atoms in total. The summed E-state index contributed by atoms with van der Waals surface area (Å²) in [5.41, 5.74) is 1.07. The molecule has 86 valence electrons. The Kier molecular flexibility index (Phi) is 2.54. The van der Waals surface area contributed by atoms with Gasteiger partial charge in [-0.05, 0) is 25.7 Å². The molecule has 0 aliphatic heterocycles. The predicted molar refractivity (Wildman–Crippen MR) is 62.7 cm³/mol. The second-order valence-corrected chi connectivity index (χ2v) is 5.16. The number of H-pyrrole nitrogens is 1. The summed E-state index contributed by atoms with van der Waals surface area (Å²) in [6.45, 7) is 0. The molecule has 0 saturated heterocycles. The van der Waals surface area contributed by atoms with Crippen molar-refractivity contribution in [2.45, 2.75) is 56.8 Å². The molecule has 0 aromatic carbocycles. The summed E-state index contributed by atoms with van der Waals surface area (Å²) in [4.78, 5) is 19.2. The van der Waals surface area contributed by atoms with Gasteiger partial charge in [-0.25, -0.2) is 4.98 Å². The highest BCUT2D eigenvalue weighted by atomic mass is 16.1. The molecule has 2 aliphatic rings. The van der Waals surface area contributed by atoms with Crippen LogP contribution in [0.2, 0.25) is 0 Å². The number of hydrogen-bond acceptors (Lipinski definition) is 2. The zero-order chi connectivity index (χ0) is 11.0. The van der Waals surface area contributed by atoms with Gasteiger partial charge in [0.1, 0.15) is 5.82 Å². The van der Waals surface area contributed by atoms with Crippen molar-refractivity contribution in [2.75, 3.05) is 0 Å². The number of nitrogens with one attached hydrogen (secondary N) is 1. The molecule has 16 heavy (non-hydrogen) atoms. The Labute approximate surface area is 95.3 Å². The lowest BCUT2D eigenvalue weighted by atomic mass is 9.88. The van der Waals surface area contributed by atoms with Crippen LogP contribution in [0.4, 0.5) is 0 Å². The van der Waals surface area contributed by atoms with Crippen molar-refractivity contribution in [1.82, 2.24) is 9.97 Å². The molecular weight excluding hydrogens is 200 g/mol. The Morgan fingerprint density at radius 2 is 1.81 bits per heavy atom. The summed E-state index contributed by atoms with van der Waals surface area (Å²) in [6, 6.07) is 1.68. The van der Waals surface area contributed by atoms with Crippen LogP contribution in [0.25, 0.3) is 0 Å². The summed E-state index contributed by atoms with van der Waals surface area (Å²) in [6.07, 6.45) is 8.70. The van der Waals surface area contributed by atoms with Gasteiger partial charge < -0.3 is 4.98 Å². The molecule has 3 rings (SSSR count). The van der Waals surface area contributed by atoms with E-state index in [9.17, 15) is 4.79 Å². The van der Waals surface area contributed by atoms with E-state index in [0.29, 0.717) is 11.8 Å². The molecule has 2 aliphatic carbocycles. The highest BCUT2D eigenvalue weighted by molar-refractivity contribution is 5.15. The van der Waals surface area contributed by atoms with Gasteiger partial charge in [0.2, 0.25) is 0 Å². The van der Waals surface area contributed by atoms with Crippen molar-refractivity contribution in [2.24, 2.45) is 0 Å². The van der Waals surface area contributed by atoms with E-state index in [1.165, 1.54) is 44.9 Å². The lowest BCUT2D eigenvalue weighted by Gasteiger charge is -2.20. The molecule has 1 aromatic heterocycles. The van der Waals surface area contributed by atoms with Gasteiger partial charge in [0.05, 0.1) is 5.69 Å². The molecule has 1 N–H and O–H groups in total.